The van der Waals surface area contributed by atoms with Crippen LogP contribution in [0.2, 0.25) is 5.02 Å². The lowest BCUT2D eigenvalue weighted by molar-refractivity contribution is -0.122. The second kappa shape index (κ2) is 9.08. The Bertz CT molecular complexity index is 749. The molecule has 0 fully saturated rings. The number of benzene rings is 2. The Labute approximate surface area is 152 Å². The van der Waals surface area contributed by atoms with Crippen LogP contribution in [-0.4, -0.2) is 18.9 Å². The second-order valence-corrected chi connectivity index (χ2v) is 6.04. The monoisotopic (exact) mass is 360 g/mol. The van der Waals surface area contributed by atoms with Crippen molar-refractivity contribution in [2.24, 2.45) is 0 Å². The normalized spacial score (nSPS) is 11.5. The van der Waals surface area contributed by atoms with E-state index in [0.717, 1.165) is 16.9 Å². The van der Waals surface area contributed by atoms with E-state index in [2.05, 4.69) is 10.6 Å². The molecule has 2 N–H and O–H groups in total. The Kier molecular flexibility index (Phi) is 6.83. The average Bonchev–Trinajstić information content (AvgIpc) is 2.59. The van der Waals surface area contributed by atoms with Crippen LogP contribution >= 0.6 is 11.6 Å². The molecule has 1 atom stereocenters. The molecule has 2 aromatic rings. The van der Waals surface area contributed by atoms with E-state index in [1.165, 1.54) is 6.92 Å². The van der Waals surface area contributed by atoms with Gasteiger partial charge in [0, 0.05) is 24.1 Å². The maximum atomic E-state index is 12.3. The molecule has 0 saturated carbocycles. The van der Waals surface area contributed by atoms with Gasteiger partial charge in [-0.05, 0) is 23.8 Å². The first-order valence-electron chi connectivity index (χ1n) is 7.90. The third kappa shape index (κ3) is 5.80. The molecule has 0 radical (unpaired) electrons. The van der Waals surface area contributed by atoms with Crippen LogP contribution in [0.1, 0.15) is 30.5 Å². The van der Waals surface area contributed by atoms with Crippen LogP contribution in [0.4, 0.5) is 0 Å². The summed E-state index contributed by atoms with van der Waals surface area (Å²) in [7, 11) is 1.59. The molecule has 2 amide bonds. The summed E-state index contributed by atoms with van der Waals surface area (Å²) in [6, 6.07) is 14.2. The largest absolute Gasteiger partial charge is 0.496 e. The highest BCUT2D eigenvalue weighted by molar-refractivity contribution is 6.30. The van der Waals surface area contributed by atoms with Crippen LogP contribution in [0.5, 0.6) is 5.75 Å². The lowest BCUT2D eigenvalue weighted by Crippen LogP contribution is -2.32. The lowest BCUT2D eigenvalue weighted by Gasteiger charge is -2.18. The van der Waals surface area contributed by atoms with Crippen LogP contribution in [0.15, 0.2) is 48.5 Å². The van der Waals surface area contributed by atoms with Gasteiger partial charge in [0.15, 0.2) is 0 Å². The fourth-order valence-corrected chi connectivity index (χ4v) is 2.72. The van der Waals surface area contributed by atoms with Gasteiger partial charge in [-0.15, -0.1) is 0 Å². The number of rotatable bonds is 7. The van der Waals surface area contributed by atoms with Crippen LogP contribution < -0.4 is 15.4 Å². The predicted molar refractivity (Wildman–Crippen MR) is 97.5 cm³/mol. The molecule has 25 heavy (non-hydrogen) atoms. The van der Waals surface area contributed by atoms with Crippen molar-refractivity contribution in [3.05, 3.63) is 64.7 Å². The van der Waals surface area contributed by atoms with Gasteiger partial charge in [0.1, 0.15) is 5.75 Å². The first-order chi connectivity index (χ1) is 12.0. The third-order valence-electron chi connectivity index (χ3n) is 3.69. The fraction of sp³-hybridized carbons (Fsp3) is 0.263. The zero-order chi connectivity index (χ0) is 18.2. The highest BCUT2D eigenvalue weighted by Gasteiger charge is 2.17. The molecule has 2 aromatic carbocycles. The number of nitrogens with one attached hydrogen (secondary N) is 2. The lowest BCUT2D eigenvalue weighted by atomic mass is 10.0. The van der Waals surface area contributed by atoms with Crippen LogP contribution in [0.3, 0.4) is 0 Å². The van der Waals surface area contributed by atoms with Gasteiger partial charge in [0.05, 0.1) is 19.6 Å². The SMILES string of the molecule is COc1ccccc1CNC(=O)CC(NC(C)=O)c1cccc(Cl)c1. The minimum Gasteiger partial charge on any atom is -0.496 e. The molecule has 0 spiro atoms. The molecule has 5 nitrogen and oxygen atoms in total. The highest BCUT2D eigenvalue weighted by atomic mass is 35.5. The zero-order valence-corrected chi connectivity index (χ0v) is 15.0. The Hall–Kier alpha value is -2.53. The molecule has 0 heterocycles. The Morgan fingerprint density at radius 2 is 1.92 bits per heavy atom. The number of carbonyl (C=O) groups is 2. The van der Waals surface area contributed by atoms with Crippen LogP contribution in [0, 0.1) is 0 Å². The molecular weight excluding hydrogens is 340 g/mol. The van der Waals surface area contributed by atoms with E-state index in [1.807, 2.05) is 30.3 Å². The quantitative estimate of drug-likeness (QED) is 0.796. The number of halogens is 1. The van der Waals surface area contributed by atoms with Gasteiger partial charge in [0.25, 0.3) is 0 Å². The van der Waals surface area contributed by atoms with Crippen molar-refractivity contribution in [1.29, 1.82) is 0 Å². The molecule has 0 saturated heterocycles. The maximum Gasteiger partial charge on any atom is 0.222 e. The minimum atomic E-state index is -0.436. The summed E-state index contributed by atoms with van der Waals surface area (Å²) < 4.78 is 5.27. The van der Waals surface area contributed by atoms with Crippen LogP contribution in [0.25, 0.3) is 0 Å². The number of amides is 2. The van der Waals surface area contributed by atoms with Crippen molar-refractivity contribution in [2.45, 2.75) is 25.9 Å². The van der Waals surface area contributed by atoms with Crippen molar-refractivity contribution in [3.63, 3.8) is 0 Å². The van der Waals surface area contributed by atoms with Crippen molar-refractivity contribution in [2.75, 3.05) is 7.11 Å². The van der Waals surface area contributed by atoms with Crippen molar-refractivity contribution in [1.82, 2.24) is 10.6 Å². The molecule has 132 valence electrons. The third-order valence-corrected chi connectivity index (χ3v) is 3.92. The number of hydrogen-bond acceptors (Lipinski definition) is 3. The van der Waals surface area contributed by atoms with E-state index in [9.17, 15) is 9.59 Å². The summed E-state index contributed by atoms with van der Waals surface area (Å²) in [5.41, 5.74) is 1.67. The van der Waals surface area contributed by atoms with E-state index in [1.54, 1.807) is 25.3 Å². The van der Waals surface area contributed by atoms with Gasteiger partial charge in [-0.25, -0.2) is 0 Å². The van der Waals surface area contributed by atoms with E-state index < -0.39 is 6.04 Å². The predicted octanol–water partition coefficient (Wildman–Crippen LogP) is 3.23. The van der Waals surface area contributed by atoms with Gasteiger partial charge in [-0.3, -0.25) is 9.59 Å². The maximum absolute atomic E-state index is 12.3. The highest BCUT2D eigenvalue weighted by Crippen LogP contribution is 2.21. The number of ether oxygens (including phenoxy) is 1. The number of methoxy groups -OCH3 is 1. The van der Waals surface area contributed by atoms with Gasteiger partial charge in [-0.2, -0.15) is 0 Å². The molecule has 0 bridgehead atoms. The molecular formula is C19H21ClN2O3. The first kappa shape index (κ1) is 18.8. The molecule has 6 heteroatoms. The summed E-state index contributed by atoms with van der Waals surface area (Å²) >= 11 is 6.01. The summed E-state index contributed by atoms with van der Waals surface area (Å²) in [6.45, 7) is 1.77. The average molecular weight is 361 g/mol. The van der Waals surface area contributed by atoms with Gasteiger partial charge < -0.3 is 15.4 Å². The Morgan fingerprint density at radius 1 is 1.16 bits per heavy atom. The molecule has 0 aliphatic carbocycles. The zero-order valence-electron chi connectivity index (χ0n) is 14.2. The fourth-order valence-electron chi connectivity index (χ4n) is 2.52. The number of para-hydroxylation sites is 1. The number of hydrogen-bond donors (Lipinski definition) is 2. The van der Waals surface area contributed by atoms with Gasteiger partial charge >= 0.3 is 0 Å². The Morgan fingerprint density at radius 3 is 2.60 bits per heavy atom. The van der Waals surface area contributed by atoms with E-state index in [0.29, 0.717) is 11.6 Å². The summed E-state index contributed by atoms with van der Waals surface area (Å²) in [5, 5.41) is 6.21. The van der Waals surface area contributed by atoms with E-state index in [-0.39, 0.29) is 18.2 Å². The summed E-state index contributed by atoms with van der Waals surface area (Å²) in [4.78, 5) is 23.8. The van der Waals surface area contributed by atoms with Crippen molar-refractivity contribution < 1.29 is 14.3 Å². The molecule has 0 aromatic heterocycles. The van der Waals surface area contributed by atoms with Crippen LogP contribution in [-0.2, 0) is 16.1 Å². The Balaban J connectivity index is 2.03. The topological polar surface area (TPSA) is 67.4 Å². The molecule has 0 aliphatic rings. The van der Waals surface area contributed by atoms with E-state index in [4.69, 9.17) is 16.3 Å². The smallest absolute Gasteiger partial charge is 0.222 e. The first-order valence-corrected chi connectivity index (χ1v) is 8.28. The standard InChI is InChI=1S/C19H21ClN2O3/c1-13(23)22-17(14-7-5-8-16(20)10-14)11-19(24)21-12-15-6-3-4-9-18(15)25-2/h3-10,17H,11-12H2,1-2H3,(H,21,24)(H,22,23). The minimum absolute atomic E-state index is 0.120. The number of carbonyl (C=O) groups excluding carboxylic acids is 2. The van der Waals surface area contributed by atoms with Crippen molar-refractivity contribution >= 4 is 23.4 Å². The van der Waals surface area contributed by atoms with Gasteiger partial charge in [-0.1, -0.05) is 41.9 Å². The van der Waals surface area contributed by atoms with Crippen molar-refractivity contribution in [3.8, 4) is 5.75 Å². The molecule has 0 aliphatic heterocycles. The van der Waals surface area contributed by atoms with Gasteiger partial charge in [0.2, 0.25) is 11.8 Å². The second-order valence-electron chi connectivity index (χ2n) is 5.60. The molecule has 1 unspecified atom stereocenters. The van der Waals surface area contributed by atoms with E-state index >= 15 is 0 Å². The molecule has 2 rings (SSSR count). The summed E-state index contributed by atoms with van der Waals surface area (Å²) in [5.74, 6) is 0.336. The summed E-state index contributed by atoms with van der Waals surface area (Å²) in [6.07, 6.45) is 0.120.